The molecule has 5 nitrogen and oxygen atoms in total. The molecule has 1 amide bonds. The number of hydrogen-bond donors (Lipinski definition) is 2. The average Bonchev–Trinajstić information content (AvgIpc) is 2.90. The molecule has 1 aliphatic carbocycles. The summed E-state index contributed by atoms with van der Waals surface area (Å²) in [6.45, 7) is 1.95. The first kappa shape index (κ1) is 14.5. The number of nitrogens with one attached hydrogen (secondary N) is 1. The highest BCUT2D eigenvalue weighted by Crippen LogP contribution is 2.19. The highest BCUT2D eigenvalue weighted by Gasteiger charge is 2.23. The summed E-state index contributed by atoms with van der Waals surface area (Å²) in [5, 5.41) is 15.0. The molecule has 2 unspecified atom stereocenters. The van der Waals surface area contributed by atoms with Gasteiger partial charge in [-0.3, -0.25) is 9.20 Å². The molecule has 2 heterocycles. The van der Waals surface area contributed by atoms with Crippen molar-refractivity contribution in [2.24, 2.45) is 0 Å². The molecule has 21 heavy (non-hydrogen) atoms. The fourth-order valence-electron chi connectivity index (χ4n) is 2.95. The van der Waals surface area contributed by atoms with Gasteiger partial charge in [0.25, 0.3) is 0 Å². The monoisotopic (exact) mass is 307 g/mol. The highest BCUT2D eigenvalue weighted by molar-refractivity contribution is 7.15. The van der Waals surface area contributed by atoms with Gasteiger partial charge in [0.1, 0.15) is 0 Å². The zero-order chi connectivity index (χ0) is 14.8. The maximum Gasteiger partial charge on any atom is 0.226 e. The van der Waals surface area contributed by atoms with Crippen molar-refractivity contribution in [2.45, 2.75) is 57.6 Å². The van der Waals surface area contributed by atoms with Crippen LogP contribution in [0.2, 0.25) is 0 Å². The Hall–Kier alpha value is -1.40. The first-order valence-electron chi connectivity index (χ1n) is 7.53. The van der Waals surface area contributed by atoms with E-state index in [1.54, 1.807) is 11.3 Å². The molecule has 0 aromatic carbocycles. The van der Waals surface area contributed by atoms with Crippen LogP contribution in [0.3, 0.4) is 0 Å². The third-order valence-corrected chi connectivity index (χ3v) is 4.96. The molecule has 1 saturated carbocycles. The van der Waals surface area contributed by atoms with Crippen molar-refractivity contribution >= 4 is 22.2 Å². The summed E-state index contributed by atoms with van der Waals surface area (Å²) < 4.78 is 1.98. The van der Waals surface area contributed by atoms with Gasteiger partial charge in [0.15, 0.2) is 4.96 Å². The van der Waals surface area contributed by atoms with E-state index in [1.807, 2.05) is 22.9 Å². The molecule has 6 heteroatoms. The summed E-state index contributed by atoms with van der Waals surface area (Å²) in [7, 11) is 0. The van der Waals surface area contributed by atoms with Crippen molar-refractivity contribution in [3.8, 4) is 0 Å². The maximum atomic E-state index is 12.2. The van der Waals surface area contributed by atoms with Crippen LogP contribution in [-0.2, 0) is 11.2 Å². The minimum atomic E-state index is -0.408. The van der Waals surface area contributed by atoms with Crippen LogP contribution < -0.4 is 5.32 Å². The van der Waals surface area contributed by atoms with Crippen LogP contribution in [0.15, 0.2) is 11.6 Å². The van der Waals surface area contributed by atoms with Gasteiger partial charge in [0.05, 0.1) is 24.3 Å². The number of carbonyl (C=O) groups is 1. The summed E-state index contributed by atoms with van der Waals surface area (Å²) in [6, 6.07) is -0.0985. The molecular weight excluding hydrogens is 286 g/mol. The molecule has 0 radical (unpaired) electrons. The number of nitrogens with zero attached hydrogens (tertiary/aromatic N) is 2. The van der Waals surface area contributed by atoms with Gasteiger partial charge in [-0.25, -0.2) is 4.98 Å². The molecule has 114 valence electrons. The number of imidazole rings is 1. The zero-order valence-corrected chi connectivity index (χ0v) is 13.0. The van der Waals surface area contributed by atoms with Crippen LogP contribution in [-0.4, -0.2) is 32.5 Å². The molecule has 2 aromatic rings. The molecule has 2 aromatic heterocycles. The van der Waals surface area contributed by atoms with E-state index in [4.69, 9.17) is 0 Å². The van der Waals surface area contributed by atoms with Gasteiger partial charge in [-0.15, -0.1) is 11.3 Å². The maximum absolute atomic E-state index is 12.2. The van der Waals surface area contributed by atoms with Crippen LogP contribution in [0.4, 0.5) is 0 Å². The minimum absolute atomic E-state index is 0.0213. The predicted octanol–water partition coefficient (Wildman–Crippen LogP) is 2.06. The largest absolute Gasteiger partial charge is 0.391 e. The molecule has 2 atom stereocenters. The summed E-state index contributed by atoms with van der Waals surface area (Å²) in [5.74, 6) is -0.0213. The molecule has 0 bridgehead atoms. The first-order valence-corrected chi connectivity index (χ1v) is 8.41. The first-order chi connectivity index (χ1) is 10.1. The Bertz CT molecular complexity index is 634. The van der Waals surface area contributed by atoms with E-state index in [-0.39, 0.29) is 11.9 Å². The van der Waals surface area contributed by atoms with E-state index in [9.17, 15) is 9.90 Å². The van der Waals surface area contributed by atoms with E-state index in [0.717, 1.165) is 48.5 Å². The lowest BCUT2D eigenvalue weighted by molar-refractivity contribution is -0.122. The molecule has 1 fully saturated rings. The van der Waals surface area contributed by atoms with Gasteiger partial charge in [-0.2, -0.15) is 0 Å². The van der Waals surface area contributed by atoms with Crippen molar-refractivity contribution in [1.82, 2.24) is 14.7 Å². The van der Waals surface area contributed by atoms with E-state index < -0.39 is 6.10 Å². The van der Waals surface area contributed by atoms with Crippen molar-refractivity contribution in [1.29, 1.82) is 0 Å². The number of aromatic nitrogens is 2. The summed E-state index contributed by atoms with van der Waals surface area (Å²) in [5.41, 5.74) is 1.92. The number of hydrogen-bond acceptors (Lipinski definition) is 4. The summed E-state index contributed by atoms with van der Waals surface area (Å²) in [6.07, 6.45) is 6.80. The fourth-order valence-corrected chi connectivity index (χ4v) is 3.87. The van der Waals surface area contributed by atoms with E-state index >= 15 is 0 Å². The van der Waals surface area contributed by atoms with Crippen molar-refractivity contribution < 1.29 is 9.90 Å². The minimum Gasteiger partial charge on any atom is -0.391 e. The number of aliphatic hydroxyl groups is 1. The third kappa shape index (κ3) is 3.27. The van der Waals surface area contributed by atoms with Crippen molar-refractivity contribution in [2.75, 3.05) is 0 Å². The van der Waals surface area contributed by atoms with E-state index in [0.29, 0.717) is 6.42 Å². The van der Waals surface area contributed by atoms with Crippen molar-refractivity contribution in [3.05, 3.63) is 23.0 Å². The fraction of sp³-hybridized carbons (Fsp3) is 0.600. The molecular formula is C15H21N3O2S. The number of aryl methyl sites for hydroxylation is 1. The third-order valence-electron chi connectivity index (χ3n) is 4.07. The smallest absolute Gasteiger partial charge is 0.226 e. The second-order valence-electron chi connectivity index (χ2n) is 5.82. The lowest BCUT2D eigenvalue weighted by Gasteiger charge is -2.21. The topological polar surface area (TPSA) is 66.6 Å². The van der Waals surface area contributed by atoms with Crippen LogP contribution in [0, 0.1) is 6.92 Å². The molecule has 2 N–H and O–H groups in total. The Morgan fingerprint density at radius 1 is 1.48 bits per heavy atom. The number of amides is 1. The highest BCUT2D eigenvalue weighted by atomic mass is 32.1. The lowest BCUT2D eigenvalue weighted by Crippen LogP contribution is -2.43. The van der Waals surface area contributed by atoms with Crippen LogP contribution in [0.25, 0.3) is 4.96 Å². The Morgan fingerprint density at radius 3 is 3.14 bits per heavy atom. The molecule has 3 rings (SSSR count). The van der Waals surface area contributed by atoms with Crippen LogP contribution in [0.5, 0.6) is 0 Å². The Balaban J connectivity index is 1.65. The average molecular weight is 307 g/mol. The summed E-state index contributed by atoms with van der Waals surface area (Å²) >= 11 is 1.55. The van der Waals surface area contributed by atoms with Gasteiger partial charge >= 0.3 is 0 Å². The molecule has 0 aliphatic heterocycles. The standard InChI is InChI=1S/C15H21N3O2S/c1-10-8-18-11(9-21-15(18)16-10)7-14(20)17-12-5-3-2-4-6-13(12)19/h8-9,12-13,19H,2-7H2,1H3,(H,17,20). The predicted molar refractivity (Wildman–Crippen MR) is 82.5 cm³/mol. The molecule has 0 saturated heterocycles. The van der Waals surface area contributed by atoms with E-state index in [1.165, 1.54) is 0 Å². The van der Waals surface area contributed by atoms with Gasteiger partial charge in [-0.1, -0.05) is 19.3 Å². The number of rotatable bonds is 3. The number of aliphatic hydroxyl groups excluding tert-OH is 1. The number of carbonyl (C=O) groups excluding carboxylic acids is 1. The van der Waals surface area contributed by atoms with Crippen LogP contribution >= 0.6 is 11.3 Å². The summed E-state index contributed by atoms with van der Waals surface area (Å²) in [4.78, 5) is 17.5. The SMILES string of the molecule is Cc1cn2c(CC(=O)NC3CCCCCC3O)csc2n1. The number of thiazole rings is 1. The lowest BCUT2D eigenvalue weighted by atomic mass is 10.1. The molecule has 1 aliphatic rings. The van der Waals surface area contributed by atoms with Crippen LogP contribution in [0.1, 0.15) is 43.5 Å². The Labute approximate surface area is 128 Å². The second kappa shape index (κ2) is 6.15. The van der Waals surface area contributed by atoms with Gasteiger partial charge in [0, 0.05) is 17.3 Å². The molecule has 0 spiro atoms. The van der Waals surface area contributed by atoms with Gasteiger partial charge in [-0.05, 0) is 19.8 Å². The quantitative estimate of drug-likeness (QED) is 0.853. The normalized spacial score (nSPS) is 23.1. The van der Waals surface area contributed by atoms with Crippen molar-refractivity contribution in [3.63, 3.8) is 0 Å². The Kier molecular flexibility index (Phi) is 4.26. The zero-order valence-electron chi connectivity index (χ0n) is 12.2. The second-order valence-corrected chi connectivity index (χ2v) is 6.65. The number of fused-ring (bicyclic) bond motifs is 1. The van der Waals surface area contributed by atoms with Gasteiger partial charge in [0.2, 0.25) is 5.91 Å². The van der Waals surface area contributed by atoms with Gasteiger partial charge < -0.3 is 10.4 Å². The Morgan fingerprint density at radius 2 is 2.29 bits per heavy atom. The van der Waals surface area contributed by atoms with E-state index in [2.05, 4.69) is 10.3 Å².